The lowest BCUT2D eigenvalue weighted by Gasteiger charge is -2.11. The second-order valence-corrected chi connectivity index (χ2v) is 4.39. The van der Waals surface area contributed by atoms with Crippen molar-refractivity contribution >= 4 is 27.3 Å². The normalized spacial score (nSPS) is 10.2. The van der Waals surface area contributed by atoms with E-state index in [1.54, 1.807) is 0 Å². The molecular weight excluding hydrogens is 357 g/mol. The summed E-state index contributed by atoms with van der Waals surface area (Å²) in [4.78, 5) is 9.86. The number of anilines is 1. The maximum absolute atomic E-state index is 12.6. The van der Waals surface area contributed by atoms with Gasteiger partial charge in [0.1, 0.15) is 23.4 Å². The minimum Gasteiger partial charge on any atom is -0.353 e. The molecule has 0 saturated carbocycles. The van der Waals surface area contributed by atoms with Crippen molar-refractivity contribution in [1.82, 2.24) is 0 Å². The lowest BCUT2D eigenvalue weighted by molar-refractivity contribution is -0.384. The number of hydrogen-bond donors (Lipinski definition) is 1. The van der Waals surface area contributed by atoms with Gasteiger partial charge in [0.15, 0.2) is 0 Å². The van der Waals surface area contributed by atoms with Crippen molar-refractivity contribution in [2.45, 2.75) is 6.18 Å². The standard InChI is InChI=1S/C11H4BrF3N4O2/c12-8-1-7(11(13,14)15)2-9(19(20)21)10(8)18-5-6(3-16)4-17/h1-2,5,18H. The predicted octanol–water partition coefficient (Wildman–Crippen LogP) is 3.72. The topological polar surface area (TPSA) is 103 Å². The first-order valence-corrected chi connectivity index (χ1v) is 5.82. The third kappa shape index (κ3) is 3.94. The van der Waals surface area contributed by atoms with E-state index in [4.69, 9.17) is 10.5 Å². The van der Waals surface area contributed by atoms with E-state index in [0.717, 1.165) is 6.20 Å². The summed E-state index contributed by atoms with van der Waals surface area (Å²) < 4.78 is 37.6. The van der Waals surface area contributed by atoms with Crippen molar-refractivity contribution in [3.8, 4) is 12.1 Å². The van der Waals surface area contributed by atoms with Crippen LogP contribution in [0, 0.1) is 32.8 Å². The maximum atomic E-state index is 12.6. The van der Waals surface area contributed by atoms with Crippen molar-refractivity contribution in [3.05, 3.63) is 44.1 Å². The summed E-state index contributed by atoms with van der Waals surface area (Å²) >= 11 is 2.79. The fourth-order valence-corrected chi connectivity index (χ4v) is 1.84. The molecule has 108 valence electrons. The number of nitrogens with one attached hydrogen (secondary N) is 1. The van der Waals surface area contributed by atoms with Gasteiger partial charge in [0.2, 0.25) is 0 Å². The zero-order chi connectivity index (χ0) is 16.2. The van der Waals surface area contributed by atoms with E-state index in [0.29, 0.717) is 12.1 Å². The van der Waals surface area contributed by atoms with Crippen molar-refractivity contribution in [2.75, 3.05) is 5.32 Å². The zero-order valence-electron chi connectivity index (χ0n) is 9.90. The molecule has 1 aromatic carbocycles. The summed E-state index contributed by atoms with van der Waals surface area (Å²) in [7, 11) is 0. The molecule has 0 unspecified atom stereocenters. The molecule has 1 rings (SSSR count). The molecule has 0 spiro atoms. The van der Waals surface area contributed by atoms with Gasteiger partial charge < -0.3 is 5.32 Å². The predicted molar refractivity (Wildman–Crippen MR) is 68.7 cm³/mol. The molecule has 6 nitrogen and oxygen atoms in total. The van der Waals surface area contributed by atoms with Crippen LogP contribution in [0.3, 0.4) is 0 Å². The third-order valence-corrected chi connectivity index (χ3v) is 2.82. The van der Waals surface area contributed by atoms with E-state index in [-0.39, 0.29) is 10.2 Å². The van der Waals surface area contributed by atoms with Crippen LogP contribution in [0.25, 0.3) is 0 Å². The molecule has 0 radical (unpaired) electrons. The Hall–Kier alpha value is -2.59. The number of benzene rings is 1. The first-order valence-electron chi connectivity index (χ1n) is 5.02. The number of nitro groups is 1. The highest BCUT2D eigenvalue weighted by Crippen LogP contribution is 2.39. The minimum atomic E-state index is -4.74. The van der Waals surface area contributed by atoms with Crippen LogP contribution >= 0.6 is 15.9 Å². The van der Waals surface area contributed by atoms with Gasteiger partial charge in [0, 0.05) is 16.7 Å². The molecular formula is C11H4BrF3N4O2. The van der Waals surface area contributed by atoms with Crippen molar-refractivity contribution in [3.63, 3.8) is 0 Å². The van der Waals surface area contributed by atoms with Crippen LogP contribution < -0.4 is 5.32 Å². The molecule has 0 aliphatic carbocycles. The molecule has 0 atom stereocenters. The number of nitriles is 2. The Balaban J connectivity index is 3.41. The van der Waals surface area contributed by atoms with Crippen LogP contribution in [0.2, 0.25) is 0 Å². The van der Waals surface area contributed by atoms with Crippen LogP contribution in [0.4, 0.5) is 24.5 Å². The van der Waals surface area contributed by atoms with E-state index in [2.05, 4.69) is 21.2 Å². The highest BCUT2D eigenvalue weighted by molar-refractivity contribution is 9.10. The van der Waals surface area contributed by atoms with Gasteiger partial charge in [-0.05, 0) is 22.0 Å². The molecule has 1 aromatic rings. The number of rotatable bonds is 3. The van der Waals surface area contributed by atoms with Gasteiger partial charge in [0.25, 0.3) is 5.69 Å². The quantitative estimate of drug-likeness (QED) is 0.502. The number of hydrogen-bond acceptors (Lipinski definition) is 5. The molecule has 0 aliphatic rings. The van der Waals surface area contributed by atoms with E-state index >= 15 is 0 Å². The van der Waals surface area contributed by atoms with E-state index < -0.39 is 27.9 Å². The molecule has 10 heteroatoms. The number of alkyl halides is 3. The van der Waals surface area contributed by atoms with Crippen molar-refractivity contribution < 1.29 is 18.1 Å². The molecule has 21 heavy (non-hydrogen) atoms. The summed E-state index contributed by atoms with van der Waals surface area (Å²) in [6.07, 6.45) is -3.88. The smallest absolute Gasteiger partial charge is 0.353 e. The number of halogens is 4. The Kier molecular flexibility index (Phi) is 4.89. The Morgan fingerprint density at radius 3 is 2.38 bits per heavy atom. The number of nitrogens with zero attached hydrogens (tertiary/aromatic N) is 3. The Labute approximate surface area is 124 Å². The molecule has 0 amide bonds. The molecule has 0 fully saturated rings. The zero-order valence-corrected chi connectivity index (χ0v) is 11.5. The summed E-state index contributed by atoms with van der Waals surface area (Å²) in [6.45, 7) is 0. The van der Waals surface area contributed by atoms with Crippen LogP contribution in [0.5, 0.6) is 0 Å². The Bertz CT molecular complexity index is 685. The minimum absolute atomic E-state index is 0.226. The maximum Gasteiger partial charge on any atom is 0.416 e. The van der Waals surface area contributed by atoms with Crippen molar-refractivity contribution in [2.24, 2.45) is 0 Å². The molecule has 0 saturated heterocycles. The average Bonchev–Trinajstić information content (AvgIpc) is 2.39. The third-order valence-electron chi connectivity index (χ3n) is 2.20. The molecule has 0 heterocycles. The summed E-state index contributed by atoms with van der Waals surface area (Å²) in [6, 6.07) is 4.01. The van der Waals surface area contributed by atoms with E-state index in [1.165, 1.54) is 12.1 Å². The number of nitro benzene ring substituents is 1. The first-order chi connectivity index (χ1) is 9.70. The van der Waals surface area contributed by atoms with Gasteiger partial charge in [-0.2, -0.15) is 23.7 Å². The van der Waals surface area contributed by atoms with Crippen LogP contribution in [-0.4, -0.2) is 4.92 Å². The molecule has 0 aromatic heterocycles. The molecule has 0 bridgehead atoms. The molecule has 0 aliphatic heterocycles. The van der Waals surface area contributed by atoms with Gasteiger partial charge in [-0.3, -0.25) is 10.1 Å². The van der Waals surface area contributed by atoms with E-state index in [9.17, 15) is 23.3 Å². The lowest BCUT2D eigenvalue weighted by Crippen LogP contribution is -2.07. The monoisotopic (exact) mass is 360 g/mol. The number of allylic oxidation sites excluding steroid dienone is 1. The Morgan fingerprint density at radius 1 is 1.38 bits per heavy atom. The highest BCUT2D eigenvalue weighted by Gasteiger charge is 2.34. The van der Waals surface area contributed by atoms with Crippen LogP contribution in [0.15, 0.2) is 28.4 Å². The summed E-state index contributed by atoms with van der Waals surface area (Å²) in [5.41, 5.74) is -2.73. The SMILES string of the molecule is N#CC(C#N)=CNc1c(Br)cc(C(F)(F)F)cc1[N+](=O)[O-]. The van der Waals surface area contributed by atoms with Crippen molar-refractivity contribution in [1.29, 1.82) is 10.5 Å². The first kappa shape index (κ1) is 16.5. The lowest BCUT2D eigenvalue weighted by atomic mass is 10.1. The van der Waals surface area contributed by atoms with Gasteiger partial charge in [-0.15, -0.1) is 0 Å². The van der Waals surface area contributed by atoms with E-state index in [1.807, 2.05) is 0 Å². The fraction of sp³-hybridized carbons (Fsp3) is 0.0909. The van der Waals surface area contributed by atoms with Gasteiger partial charge in [-0.1, -0.05) is 0 Å². The largest absolute Gasteiger partial charge is 0.416 e. The second kappa shape index (κ2) is 6.24. The summed E-state index contributed by atoms with van der Waals surface area (Å²) in [5, 5.41) is 30.2. The average molecular weight is 361 g/mol. The van der Waals surface area contributed by atoms with Gasteiger partial charge in [0.05, 0.1) is 10.5 Å². The van der Waals surface area contributed by atoms with Crippen LogP contribution in [-0.2, 0) is 6.18 Å². The molecule has 1 N–H and O–H groups in total. The highest BCUT2D eigenvalue weighted by atomic mass is 79.9. The Morgan fingerprint density at radius 2 is 1.95 bits per heavy atom. The fourth-order valence-electron chi connectivity index (χ4n) is 1.28. The second-order valence-electron chi connectivity index (χ2n) is 3.53. The van der Waals surface area contributed by atoms with Gasteiger partial charge >= 0.3 is 6.18 Å². The van der Waals surface area contributed by atoms with Gasteiger partial charge in [-0.25, -0.2) is 0 Å². The summed E-state index contributed by atoms with van der Waals surface area (Å²) in [5.74, 6) is 0. The van der Waals surface area contributed by atoms with Crippen LogP contribution in [0.1, 0.15) is 5.56 Å².